The first-order chi connectivity index (χ1) is 7.36. The second-order valence-electron chi connectivity index (χ2n) is 4.34. The summed E-state index contributed by atoms with van der Waals surface area (Å²) in [5, 5.41) is 2.33. The Hall–Kier alpha value is -0.120. The van der Waals surface area contributed by atoms with Crippen LogP contribution in [0.25, 0.3) is 0 Å². The maximum absolute atomic E-state index is 5.69. The zero-order valence-electron chi connectivity index (χ0n) is 10.3. The molecule has 0 aromatic carbocycles. The molecule has 0 saturated carbocycles. The maximum atomic E-state index is 5.69. The molecule has 0 bridgehead atoms. The van der Waals surface area contributed by atoms with E-state index in [0.717, 1.165) is 26.2 Å². The molecule has 1 saturated heterocycles. The molecule has 15 heavy (non-hydrogen) atoms. The Kier molecular flexibility index (Phi) is 6.98. The van der Waals surface area contributed by atoms with Gasteiger partial charge in [0.05, 0.1) is 12.7 Å². The van der Waals surface area contributed by atoms with E-state index in [0.29, 0.717) is 6.10 Å². The summed E-state index contributed by atoms with van der Waals surface area (Å²) < 4.78 is 5.69. The predicted molar refractivity (Wildman–Crippen MR) is 63.7 cm³/mol. The van der Waals surface area contributed by atoms with Crippen LogP contribution < -0.4 is 5.43 Å². The lowest BCUT2D eigenvalue weighted by Gasteiger charge is -2.33. The van der Waals surface area contributed by atoms with E-state index in [-0.39, 0.29) is 0 Å². The molecule has 0 radical (unpaired) electrons. The van der Waals surface area contributed by atoms with Crippen LogP contribution in [0.2, 0.25) is 0 Å². The summed E-state index contributed by atoms with van der Waals surface area (Å²) in [7, 11) is 0. The highest BCUT2D eigenvalue weighted by atomic mass is 16.5. The number of nitrogens with zero attached hydrogens (tertiary/aromatic N) is 1. The van der Waals surface area contributed by atoms with Crippen LogP contribution in [-0.4, -0.2) is 37.4 Å². The van der Waals surface area contributed by atoms with Gasteiger partial charge in [0.1, 0.15) is 0 Å². The van der Waals surface area contributed by atoms with E-state index in [1.807, 2.05) is 0 Å². The number of hydrogen-bond acceptors (Lipinski definition) is 3. The van der Waals surface area contributed by atoms with Gasteiger partial charge < -0.3 is 4.74 Å². The lowest BCUT2D eigenvalue weighted by molar-refractivity contribution is -0.0505. The van der Waals surface area contributed by atoms with Crippen LogP contribution in [0.1, 0.15) is 46.0 Å². The summed E-state index contributed by atoms with van der Waals surface area (Å²) >= 11 is 0. The average molecular weight is 214 g/mol. The standard InChI is InChI=1S/C12H26N2O/c1-3-5-6-8-13-14-9-10-15-12(11-14)7-4-2/h12-13H,3-11H2,1-2H3. The summed E-state index contributed by atoms with van der Waals surface area (Å²) in [4.78, 5) is 0. The van der Waals surface area contributed by atoms with Crippen molar-refractivity contribution in [3.05, 3.63) is 0 Å². The Bertz CT molecular complexity index is 151. The van der Waals surface area contributed by atoms with E-state index in [1.54, 1.807) is 0 Å². The first-order valence-corrected chi connectivity index (χ1v) is 6.46. The Balaban J connectivity index is 2.07. The van der Waals surface area contributed by atoms with Crippen molar-refractivity contribution in [2.75, 3.05) is 26.2 Å². The molecule has 0 aliphatic carbocycles. The summed E-state index contributed by atoms with van der Waals surface area (Å²) in [5.41, 5.74) is 3.50. The van der Waals surface area contributed by atoms with Crippen molar-refractivity contribution in [2.24, 2.45) is 0 Å². The van der Waals surface area contributed by atoms with Crippen molar-refractivity contribution in [1.29, 1.82) is 0 Å². The molecular weight excluding hydrogens is 188 g/mol. The van der Waals surface area contributed by atoms with Gasteiger partial charge in [0.15, 0.2) is 0 Å². The van der Waals surface area contributed by atoms with Crippen LogP contribution in [-0.2, 0) is 4.74 Å². The normalized spacial score (nSPS) is 23.2. The molecule has 1 unspecified atom stereocenters. The molecule has 1 aliphatic rings. The van der Waals surface area contributed by atoms with Crippen LogP contribution >= 0.6 is 0 Å². The third-order valence-corrected chi connectivity index (χ3v) is 2.87. The minimum Gasteiger partial charge on any atom is -0.375 e. The van der Waals surface area contributed by atoms with Crippen LogP contribution in [0.3, 0.4) is 0 Å². The minimum absolute atomic E-state index is 0.447. The summed E-state index contributed by atoms with van der Waals surface area (Å²) in [5.74, 6) is 0. The van der Waals surface area contributed by atoms with Crippen molar-refractivity contribution in [3.8, 4) is 0 Å². The van der Waals surface area contributed by atoms with Crippen molar-refractivity contribution in [1.82, 2.24) is 10.4 Å². The summed E-state index contributed by atoms with van der Waals surface area (Å²) in [6.45, 7) is 8.55. The fourth-order valence-electron chi connectivity index (χ4n) is 1.97. The smallest absolute Gasteiger partial charge is 0.0716 e. The number of rotatable bonds is 7. The minimum atomic E-state index is 0.447. The highest BCUT2D eigenvalue weighted by molar-refractivity contribution is 4.68. The van der Waals surface area contributed by atoms with Gasteiger partial charge in [-0.1, -0.05) is 33.1 Å². The van der Waals surface area contributed by atoms with Gasteiger partial charge in [-0.05, 0) is 12.8 Å². The molecule has 0 spiro atoms. The van der Waals surface area contributed by atoms with E-state index in [4.69, 9.17) is 4.74 Å². The number of ether oxygens (including phenoxy) is 1. The van der Waals surface area contributed by atoms with E-state index >= 15 is 0 Å². The second-order valence-corrected chi connectivity index (χ2v) is 4.34. The predicted octanol–water partition coefficient (Wildman–Crippen LogP) is 2.18. The Labute approximate surface area is 94.1 Å². The van der Waals surface area contributed by atoms with Crippen LogP contribution in [0, 0.1) is 0 Å². The molecule has 90 valence electrons. The molecule has 1 rings (SSSR count). The first kappa shape index (κ1) is 12.9. The zero-order chi connectivity index (χ0) is 10.9. The number of morpholine rings is 1. The first-order valence-electron chi connectivity index (χ1n) is 6.46. The molecule has 1 aliphatic heterocycles. The van der Waals surface area contributed by atoms with Gasteiger partial charge in [0.2, 0.25) is 0 Å². The van der Waals surface area contributed by atoms with Crippen molar-refractivity contribution in [2.45, 2.75) is 52.1 Å². The highest BCUT2D eigenvalue weighted by Gasteiger charge is 2.18. The molecule has 0 amide bonds. The summed E-state index contributed by atoms with van der Waals surface area (Å²) in [6, 6.07) is 0. The van der Waals surface area contributed by atoms with Gasteiger partial charge >= 0.3 is 0 Å². The van der Waals surface area contributed by atoms with Gasteiger partial charge in [0.25, 0.3) is 0 Å². The topological polar surface area (TPSA) is 24.5 Å². The highest BCUT2D eigenvalue weighted by Crippen LogP contribution is 2.08. The monoisotopic (exact) mass is 214 g/mol. The average Bonchev–Trinajstić information content (AvgIpc) is 2.26. The summed E-state index contributed by atoms with van der Waals surface area (Å²) in [6.07, 6.45) is 6.76. The zero-order valence-corrected chi connectivity index (χ0v) is 10.3. The van der Waals surface area contributed by atoms with Crippen LogP contribution in [0.5, 0.6) is 0 Å². The second kappa shape index (κ2) is 8.08. The van der Waals surface area contributed by atoms with Gasteiger partial charge in [-0.25, -0.2) is 5.01 Å². The molecule has 0 aromatic rings. The maximum Gasteiger partial charge on any atom is 0.0716 e. The third-order valence-electron chi connectivity index (χ3n) is 2.87. The van der Waals surface area contributed by atoms with Crippen LogP contribution in [0.4, 0.5) is 0 Å². The molecule has 3 heteroatoms. The van der Waals surface area contributed by atoms with Gasteiger partial charge in [-0.15, -0.1) is 0 Å². The Morgan fingerprint density at radius 2 is 2.13 bits per heavy atom. The molecular formula is C12H26N2O. The molecule has 1 heterocycles. The number of hydrogen-bond donors (Lipinski definition) is 1. The fourth-order valence-corrected chi connectivity index (χ4v) is 1.97. The number of unbranched alkanes of at least 4 members (excludes halogenated alkanes) is 2. The third kappa shape index (κ3) is 5.50. The Morgan fingerprint density at radius 1 is 1.27 bits per heavy atom. The fraction of sp³-hybridized carbons (Fsp3) is 1.00. The van der Waals surface area contributed by atoms with Crippen molar-refractivity contribution >= 4 is 0 Å². The molecule has 1 N–H and O–H groups in total. The van der Waals surface area contributed by atoms with Gasteiger partial charge in [-0.3, -0.25) is 5.43 Å². The molecule has 0 aromatic heterocycles. The lowest BCUT2D eigenvalue weighted by Crippen LogP contribution is -2.49. The van der Waals surface area contributed by atoms with E-state index in [1.165, 1.54) is 32.1 Å². The van der Waals surface area contributed by atoms with E-state index in [2.05, 4.69) is 24.3 Å². The van der Waals surface area contributed by atoms with Crippen molar-refractivity contribution in [3.63, 3.8) is 0 Å². The SMILES string of the molecule is CCCCCNN1CCOC(CCC)C1. The molecule has 1 atom stereocenters. The number of hydrazine groups is 1. The Morgan fingerprint density at radius 3 is 2.87 bits per heavy atom. The number of nitrogens with one attached hydrogen (secondary N) is 1. The van der Waals surface area contributed by atoms with Gasteiger partial charge in [0, 0.05) is 19.6 Å². The van der Waals surface area contributed by atoms with E-state index < -0.39 is 0 Å². The van der Waals surface area contributed by atoms with E-state index in [9.17, 15) is 0 Å². The quantitative estimate of drug-likeness (QED) is 0.657. The van der Waals surface area contributed by atoms with Crippen LogP contribution in [0.15, 0.2) is 0 Å². The van der Waals surface area contributed by atoms with Crippen molar-refractivity contribution < 1.29 is 4.74 Å². The van der Waals surface area contributed by atoms with Gasteiger partial charge in [-0.2, -0.15) is 0 Å². The molecule has 3 nitrogen and oxygen atoms in total. The lowest BCUT2D eigenvalue weighted by atomic mass is 10.2. The largest absolute Gasteiger partial charge is 0.375 e. The molecule has 1 fully saturated rings.